The molecular formula is C14H22N2O4S. The van der Waals surface area contributed by atoms with Gasteiger partial charge >= 0.3 is 5.97 Å². The molecule has 0 bridgehead atoms. The van der Waals surface area contributed by atoms with Crippen LogP contribution in [0.1, 0.15) is 30.5 Å². The minimum Gasteiger partial charge on any atom is -0.469 e. The van der Waals surface area contributed by atoms with Crippen LogP contribution in [0.4, 0.5) is 0 Å². The molecule has 0 saturated heterocycles. The molecule has 1 aromatic rings. The van der Waals surface area contributed by atoms with Gasteiger partial charge in [-0.05, 0) is 25.0 Å². The van der Waals surface area contributed by atoms with Gasteiger partial charge in [-0.1, -0.05) is 24.3 Å². The fraction of sp³-hybridized carbons (Fsp3) is 0.500. The number of carbonyl (C=O) groups is 1. The molecule has 0 aliphatic rings. The van der Waals surface area contributed by atoms with E-state index in [2.05, 4.69) is 9.46 Å². The highest BCUT2D eigenvalue weighted by molar-refractivity contribution is 7.87. The van der Waals surface area contributed by atoms with Gasteiger partial charge in [0.25, 0.3) is 10.2 Å². The van der Waals surface area contributed by atoms with Crippen LogP contribution in [-0.2, 0) is 19.7 Å². The number of rotatable bonds is 7. The zero-order chi connectivity index (χ0) is 16.0. The summed E-state index contributed by atoms with van der Waals surface area (Å²) >= 11 is 0. The lowest BCUT2D eigenvalue weighted by Crippen LogP contribution is -2.40. The van der Waals surface area contributed by atoms with Gasteiger partial charge in [0.05, 0.1) is 13.5 Å². The third kappa shape index (κ3) is 5.11. The maximum atomic E-state index is 12.2. The number of aryl methyl sites for hydroxylation is 1. The van der Waals surface area contributed by atoms with E-state index < -0.39 is 16.2 Å². The Morgan fingerprint density at radius 1 is 1.38 bits per heavy atom. The molecule has 118 valence electrons. The van der Waals surface area contributed by atoms with Gasteiger partial charge in [-0.3, -0.25) is 4.79 Å². The second-order valence-electron chi connectivity index (χ2n) is 4.85. The average Bonchev–Trinajstić information content (AvgIpc) is 2.44. The van der Waals surface area contributed by atoms with Gasteiger partial charge in [-0.25, -0.2) is 0 Å². The van der Waals surface area contributed by atoms with Crippen molar-refractivity contribution in [2.24, 2.45) is 0 Å². The Morgan fingerprint density at radius 2 is 2.00 bits per heavy atom. The molecule has 0 aromatic heterocycles. The van der Waals surface area contributed by atoms with Crippen LogP contribution in [0, 0.1) is 6.92 Å². The monoisotopic (exact) mass is 314 g/mol. The fourth-order valence-corrected chi connectivity index (χ4v) is 3.01. The zero-order valence-electron chi connectivity index (χ0n) is 12.8. The Morgan fingerprint density at radius 3 is 2.57 bits per heavy atom. The largest absolute Gasteiger partial charge is 0.469 e. The van der Waals surface area contributed by atoms with Gasteiger partial charge in [0, 0.05) is 19.6 Å². The van der Waals surface area contributed by atoms with Gasteiger partial charge in [0.15, 0.2) is 0 Å². The highest BCUT2D eigenvalue weighted by Crippen LogP contribution is 2.18. The van der Waals surface area contributed by atoms with Crippen molar-refractivity contribution in [3.05, 3.63) is 35.4 Å². The Labute approximate surface area is 126 Å². The summed E-state index contributed by atoms with van der Waals surface area (Å²) in [5, 5.41) is 0. The first-order valence-electron chi connectivity index (χ1n) is 6.64. The van der Waals surface area contributed by atoms with E-state index in [0.29, 0.717) is 0 Å². The summed E-state index contributed by atoms with van der Waals surface area (Å²) in [5.74, 6) is -0.441. The van der Waals surface area contributed by atoms with Crippen LogP contribution in [0.2, 0.25) is 0 Å². The summed E-state index contributed by atoms with van der Waals surface area (Å²) in [4.78, 5) is 11.1. The molecule has 1 rings (SSSR count). The number of nitrogens with one attached hydrogen (secondary N) is 1. The summed E-state index contributed by atoms with van der Waals surface area (Å²) in [6.07, 6.45) is 0.0205. The summed E-state index contributed by atoms with van der Waals surface area (Å²) in [6.45, 7) is 3.79. The lowest BCUT2D eigenvalue weighted by Gasteiger charge is -2.22. The van der Waals surface area contributed by atoms with E-state index >= 15 is 0 Å². The lowest BCUT2D eigenvalue weighted by molar-refractivity contribution is -0.140. The molecule has 0 amide bonds. The summed E-state index contributed by atoms with van der Waals surface area (Å²) < 4.78 is 32.6. The molecule has 0 aliphatic heterocycles. The van der Waals surface area contributed by atoms with Crippen LogP contribution in [0.25, 0.3) is 0 Å². The van der Waals surface area contributed by atoms with Crippen LogP contribution in [0.15, 0.2) is 24.3 Å². The number of nitrogens with zero attached hydrogens (tertiary/aromatic N) is 1. The van der Waals surface area contributed by atoms with E-state index in [1.165, 1.54) is 14.2 Å². The number of benzene rings is 1. The molecule has 6 nitrogen and oxygen atoms in total. The highest BCUT2D eigenvalue weighted by atomic mass is 32.2. The van der Waals surface area contributed by atoms with Crippen molar-refractivity contribution in [2.75, 3.05) is 20.7 Å². The molecule has 1 atom stereocenters. The lowest BCUT2D eigenvalue weighted by atomic mass is 10.0. The van der Waals surface area contributed by atoms with Crippen molar-refractivity contribution in [1.82, 2.24) is 9.03 Å². The Balaban J connectivity index is 2.71. The smallest absolute Gasteiger partial charge is 0.306 e. The van der Waals surface area contributed by atoms with Gasteiger partial charge < -0.3 is 4.74 Å². The van der Waals surface area contributed by atoms with E-state index in [9.17, 15) is 13.2 Å². The predicted molar refractivity (Wildman–Crippen MR) is 80.9 cm³/mol. The number of esters is 1. The van der Waals surface area contributed by atoms with Crippen molar-refractivity contribution in [3.8, 4) is 0 Å². The molecule has 1 N–H and O–H groups in total. The molecule has 0 spiro atoms. The number of ether oxygens (including phenoxy) is 1. The molecule has 1 unspecified atom stereocenters. The molecule has 1 aromatic carbocycles. The van der Waals surface area contributed by atoms with Crippen LogP contribution >= 0.6 is 0 Å². The standard InChI is InChI=1S/C14H22N2O4S/c1-11-7-5-6-8-13(11)12(2)15-21(18,19)16(3)10-9-14(17)20-4/h5-8,12,15H,9-10H2,1-4H3. The quantitative estimate of drug-likeness (QED) is 0.772. The molecule has 0 radical (unpaired) electrons. The van der Waals surface area contributed by atoms with Crippen LogP contribution < -0.4 is 4.72 Å². The van der Waals surface area contributed by atoms with Gasteiger partial charge in [-0.15, -0.1) is 0 Å². The van der Waals surface area contributed by atoms with Crippen molar-refractivity contribution in [1.29, 1.82) is 0 Å². The Hall–Kier alpha value is -1.44. The number of methoxy groups -OCH3 is 1. The topological polar surface area (TPSA) is 75.7 Å². The summed E-state index contributed by atoms with van der Waals surface area (Å²) in [5.41, 5.74) is 1.94. The van der Waals surface area contributed by atoms with Crippen LogP contribution in [-0.4, -0.2) is 39.4 Å². The van der Waals surface area contributed by atoms with Gasteiger partial charge in [-0.2, -0.15) is 17.4 Å². The summed E-state index contributed by atoms with van der Waals surface area (Å²) in [6, 6.07) is 7.24. The van der Waals surface area contributed by atoms with Crippen molar-refractivity contribution in [2.45, 2.75) is 26.3 Å². The molecule has 0 heterocycles. The van der Waals surface area contributed by atoms with Crippen molar-refractivity contribution >= 4 is 16.2 Å². The maximum absolute atomic E-state index is 12.2. The second-order valence-corrected chi connectivity index (χ2v) is 6.66. The third-order valence-corrected chi connectivity index (χ3v) is 4.90. The minimum absolute atomic E-state index is 0.0205. The van der Waals surface area contributed by atoms with E-state index in [0.717, 1.165) is 15.4 Å². The van der Waals surface area contributed by atoms with E-state index in [1.807, 2.05) is 31.2 Å². The molecule has 7 heteroatoms. The van der Waals surface area contributed by atoms with Gasteiger partial charge in [0.1, 0.15) is 0 Å². The zero-order valence-corrected chi connectivity index (χ0v) is 13.6. The third-order valence-electron chi connectivity index (χ3n) is 3.25. The second kappa shape index (κ2) is 7.53. The molecule has 0 aliphatic carbocycles. The molecular weight excluding hydrogens is 292 g/mol. The van der Waals surface area contributed by atoms with Gasteiger partial charge in [0.2, 0.25) is 0 Å². The van der Waals surface area contributed by atoms with Crippen molar-refractivity contribution < 1.29 is 17.9 Å². The molecule has 0 saturated carbocycles. The van der Waals surface area contributed by atoms with Crippen LogP contribution in [0.5, 0.6) is 0 Å². The Kier molecular flexibility index (Phi) is 6.32. The first kappa shape index (κ1) is 17.6. The fourth-order valence-electron chi connectivity index (χ4n) is 1.92. The van der Waals surface area contributed by atoms with E-state index in [4.69, 9.17) is 0 Å². The van der Waals surface area contributed by atoms with E-state index in [-0.39, 0.29) is 19.0 Å². The number of carbonyl (C=O) groups excluding carboxylic acids is 1. The summed E-state index contributed by atoms with van der Waals surface area (Å²) in [7, 11) is -0.953. The number of hydrogen-bond donors (Lipinski definition) is 1. The SMILES string of the molecule is COC(=O)CCN(C)S(=O)(=O)NC(C)c1ccccc1C. The number of hydrogen-bond acceptors (Lipinski definition) is 4. The first-order chi connectivity index (χ1) is 9.77. The normalized spacial score (nSPS) is 13.2. The van der Waals surface area contributed by atoms with E-state index in [1.54, 1.807) is 6.92 Å². The predicted octanol–water partition coefficient (Wildman–Crippen LogP) is 1.39. The average molecular weight is 314 g/mol. The maximum Gasteiger partial charge on any atom is 0.306 e. The first-order valence-corrected chi connectivity index (χ1v) is 8.08. The molecule has 0 fully saturated rings. The minimum atomic E-state index is -3.65. The Bertz CT molecular complexity index is 586. The molecule has 21 heavy (non-hydrogen) atoms. The van der Waals surface area contributed by atoms with Crippen molar-refractivity contribution in [3.63, 3.8) is 0 Å². The van der Waals surface area contributed by atoms with Crippen LogP contribution in [0.3, 0.4) is 0 Å². The highest BCUT2D eigenvalue weighted by Gasteiger charge is 2.22.